The number of rotatable bonds is 2. The van der Waals surface area contributed by atoms with Crippen molar-refractivity contribution in [3.8, 4) is 0 Å². The van der Waals surface area contributed by atoms with Gasteiger partial charge in [-0.25, -0.2) is 0 Å². The van der Waals surface area contributed by atoms with Crippen molar-refractivity contribution in [2.24, 2.45) is 0 Å². The van der Waals surface area contributed by atoms with Gasteiger partial charge in [0.1, 0.15) is 5.69 Å². The summed E-state index contributed by atoms with van der Waals surface area (Å²) < 4.78 is 0. The molecule has 1 amide bonds. The first-order chi connectivity index (χ1) is 8.16. The van der Waals surface area contributed by atoms with Crippen LogP contribution in [0.3, 0.4) is 0 Å². The predicted molar refractivity (Wildman–Crippen MR) is 63.6 cm³/mol. The van der Waals surface area contributed by atoms with Gasteiger partial charge in [-0.05, 0) is 32.1 Å². The van der Waals surface area contributed by atoms with Crippen molar-refractivity contribution in [3.05, 3.63) is 30.1 Å². The lowest BCUT2D eigenvalue weighted by Crippen LogP contribution is -2.53. The summed E-state index contributed by atoms with van der Waals surface area (Å²) in [7, 11) is 1.96. The van der Waals surface area contributed by atoms with Gasteiger partial charge in [-0.15, -0.1) is 0 Å². The van der Waals surface area contributed by atoms with Crippen LogP contribution in [-0.4, -0.2) is 53.2 Å². The number of aliphatic hydroxyl groups is 1. The number of likely N-dealkylation sites (N-methyl/N-ethyl adjacent to an activating group) is 1. The lowest BCUT2D eigenvalue weighted by atomic mass is 10.0. The number of nitrogens with zero attached hydrogens (tertiary/aromatic N) is 2. The molecule has 2 rings (SSSR count). The molecule has 0 spiro atoms. The summed E-state index contributed by atoms with van der Waals surface area (Å²) in [5.74, 6) is -0.223. The van der Waals surface area contributed by atoms with Crippen LogP contribution in [0, 0.1) is 0 Å². The highest BCUT2D eigenvalue weighted by molar-refractivity contribution is 5.92. The molecule has 0 bridgehead atoms. The molecule has 2 atom stereocenters. The minimum absolute atomic E-state index is 0.180. The monoisotopic (exact) mass is 235 g/mol. The van der Waals surface area contributed by atoms with Gasteiger partial charge >= 0.3 is 0 Å². The molecule has 1 aliphatic heterocycles. The van der Waals surface area contributed by atoms with E-state index in [-0.39, 0.29) is 11.9 Å². The molecule has 1 fully saturated rings. The van der Waals surface area contributed by atoms with E-state index in [4.69, 9.17) is 0 Å². The number of piperidine rings is 1. The molecule has 1 saturated heterocycles. The molecule has 2 unspecified atom stereocenters. The van der Waals surface area contributed by atoms with E-state index in [9.17, 15) is 9.90 Å². The third kappa shape index (κ3) is 3.01. The van der Waals surface area contributed by atoms with Crippen molar-refractivity contribution < 1.29 is 9.90 Å². The molecule has 92 valence electrons. The first-order valence-corrected chi connectivity index (χ1v) is 5.75. The van der Waals surface area contributed by atoms with Gasteiger partial charge in [0, 0.05) is 12.7 Å². The Morgan fingerprint density at radius 3 is 3.06 bits per heavy atom. The molecule has 0 aliphatic carbocycles. The van der Waals surface area contributed by atoms with Crippen LogP contribution in [0.5, 0.6) is 0 Å². The molecule has 0 radical (unpaired) electrons. The molecule has 5 nitrogen and oxygen atoms in total. The Bertz CT molecular complexity index is 383. The van der Waals surface area contributed by atoms with Gasteiger partial charge < -0.3 is 15.3 Å². The number of carbonyl (C=O) groups is 1. The molecular weight excluding hydrogens is 218 g/mol. The van der Waals surface area contributed by atoms with Gasteiger partial charge in [0.25, 0.3) is 5.91 Å². The van der Waals surface area contributed by atoms with Crippen LogP contribution in [0.1, 0.15) is 16.9 Å². The number of aliphatic hydroxyl groups excluding tert-OH is 1. The normalized spacial score (nSPS) is 25.5. The van der Waals surface area contributed by atoms with Crippen molar-refractivity contribution in [1.82, 2.24) is 15.2 Å². The molecule has 1 aromatic rings. The first-order valence-electron chi connectivity index (χ1n) is 5.75. The van der Waals surface area contributed by atoms with Crippen LogP contribution in [0.25, 0.3) is 0 Å². The van der Waals surface area contributed by atoms with Gasteiger partial charge in [-0.3, -0.25) is 9.78 Å². The minimum Gasteiger partial charge on any atom is -0.390 e. The molecule has 1 aromatic heterocycles. The zero-order chi connectivity index (χ0) is 12.3. The van der Waals surface area contributed by atoms with Gasteiger partial charge in [-0.2, -0.15) is 0 Å². The summed E-state index contributed by atoms with van der Waals surface area (Å²) in [5.41, 5.74) is 0.388. The number of hydrogen-bond acceptors (Lipinski definition) is 4. The second kappa shape index (κ2) is 5.25. The standard InChI is InChI=1S/C12H17N3O2/c1-15-7-5-9(11(16)8-15)14-12(17)10-4-2-3-6-13-10/h2-4,6,9,11,16H,5,7-8H2,1H3,(H,14,17). The van der Waals surface area contributed by atoms with Crippen molar-refractivity contribution in [2.75, 3.05) is 20.1 Å². The van der Waals surface area contributed by atoms with E-state index in [1.807, 2.05) is 11.9 Å². The Morgan fingerprint density at radius 2 is 2.41 bits per heavy atom. The molecule has 1 aliphatic rings. The predicted octanol–water partition coefficient (Wildman–Crippen LogP) is -0.124. The summed E-state index contributed by atoms with van der Waals surface area (Å²) in [5, 5.41) is 12.7. The Balaban J connectivity index is 1.95. The van der Waals surface area contributed by atoms with Crippen LogP contribution < -0.4 is 5.32 Å². The second-order valence-electron chi connectivity index (χ2n) is 4.41. The maximum absolute atomic E-state index is 11.8. The number of aromatic nitrogens is 1. The number of pyridine rings is 1. The third-order valence-electron chi connectivity index (χ3n) is 3.00. The lowest BCUT2D eigenvalue weighted by Gasteiger charge is -2.33. The summed E-state index contributed by atoms with van der Waals surface area (Å²) >= 11 is 0. The quantitative estimate of drug-likeness (QED) is 0.750. The largest absolute Gasteiger partial charge is 0.390 e. The Labute approximate surface area is 100 Å². The first kappa shape index (κ1) is 12.0. The van der Waals surface area contributed by atoms with E-state index >= 15 is 0 Å². The summed E-state index contributed by atoms with van der Waals surface area (Å²) in [6.07, 6.45) is 1.83. The van der Waals surface area contributed by atoms with E-state index in [1.54, 1.807) is 24.4 Å². The highest BCUT2D eigenvalue weighted by Crippen LogP contribution is 2.10. The average Bonchev–Trinajstić information content (AvgIpc) is 2.34. The molecule has 2 N–H and O–H groups in total. The van der Waals surface area contributed by atoms with Crippen LogP contribution in [0.4, 0.5) is 0 Å². The van der Waals surface area contributed by atoms with Crippen molar-refractivity contribution in [3.63, 3.8) is 0 Å². The number of carbonyl (C=O) groups excluding carboxylic acids is 1. The van der Waals surface area contributed by atoms with Crippen molar-refractivity contribution >= 4 is 5.91 Å². The minimum atomic E-state index is -0.513. The molecule has 17 heavy (non-hydrogen) atoms. The van der Waals surface area contributed by atoms with Crippen molar-refractivity contribution in [1.29, 1.82) is 0 Å². The summed E-state index contributed by atoms with van der Waals surface area (Å²) in [4.78, 5) is 17.9. The molecule has 0 aromatic carbocycles. The Hall–Kier alpha value is -1.46. The number of likely N-dealkylation sites (tertiary alicyclic amines) is 1. The SMILES string of the molecule is CN1CCC(NC(=O)c2ccccn2)C(O)C1. The van der Waals surface area contributed by atoms with E-state index in [2.05, 4.69) is 10.3 Å². The number of amides is 1. The molecule has 0 saturated carbocycles. The van der Waals surface area contributed by atoms with Crippen LogP contribution in [-0.2, 0) is 0 Å². The van der Waals surface area contributed by atoms with E-state index < -0.39 is 6.10 Å². The number of hydrogen-bond donors (Lipinski definition) is 2. The maximum Gasteiger partial charge on any atom is 0.270 e. The van der Waals surface area contributed by atoms with Gasteiger partial charge in [0.2, 0.25) is 0 Å². The fourth-order valence-corrected chi connectivity index (χ4v) is 2.00. The smallest absolute Gasteiger partial charge is 0.270 e. The fraction of sp³-hybridized carbons (Fsp3) is 0.500. The summed E-state index contributed by atoms with van der Waals surface area (Å²) in [6, 6.07) is 5.02. The van der Waals surface area contributed by atoms with Gasteiger partial charge in [0.15, 0.2) is 0 Å². The molecule has 5 heteroatoms. The highest BCUT2D eigenvalue weighted by Gasteiger charge is 2.27. The van der Waals surface area contributed by atoms with Crippen LogP contribution in [0.2, 0.25) is 0 Å². The second-order valence-corrected chi connectivity index (χ2v) is 4.41. The average molecular weight is 235 g/mol. The number of β-amino-alcohol motifs (C(OH)–C–C–N with tert-alkyl or cyclic N) is 1. The van der Waals surface area contributed by atoms with Crippen LogP contribution >= 0.6 is 0 Å². The summed E-state index contributed by atoms with van der Waals surface area (Å²) in [6.45, 7) is 1.47. The van der Waals surface area contributed by atoms with Gasteiger partial charge in [0.05, 0.1) is 12.1 Å². The maximum atomic E-state index is 11.8. The topological polar surface area (TPSA) is 65.5 Å². The Morgan fingerprint density at radius 1 is 1.59 bits per heavy atom. The molecule has 2 heterocycles. The van der Waals surface area contributed by atoms with E-state index in [1.165, 1.54) is 0 Å². The zero-order valence-electron chi connectivity index (χ0n) is 9.84. The van der Waals surface area contributed by atoms with E-state index in [0.29, 0.717) is 12.2 Å². The Kier molecular flexibility index (Phi) is 3.71. The van der Waals surface area contributed by atoms with Crippen molar-refractivity contribution in [2.45, 2.75) is 18.6 Å². The molecular formula is C12H17N3O2. The lowest BCUT2D eigenvalue weighted by molar-refractivity contribution is 0.0471. The highest BCUT2D eigenvalue weighted by atomic mass is 16.3. The van der Waals surface area contributed by atoms with Gasteiger partial charge in [-0.1, -0.05) is 6.07 Å². The van der Waals surface area contributed by atoms with Crippen LogP contribution in [0.15, 0.2) is 24.4 Å². The fourth-order valence-electron chi connectivity index (χ4n) is 2.00. The third-order valence-corrected chi connectivity index (χ3v) is 3.00. The van der Waals surface area contributed by atoms with E-state index in [0.717, 1.165) is 13.0 Å². The zero-order valence-corrected chi connectivity index (χ0v) is 9.84. The number of nitrogens with one attached hydrogen (secondary N) is 1.